The minimum atomic E-state index is -5.85. The van der Waals surface area contributed by atoms with Gasteiger partial charge < -0.3 is 49.2 Å². The summed E-state index contributed by atoms with van der Waals surface area (Å²) in [5.74, 6) is -1.67. The number of esters is 2. The van der Waals surface area contributed by atoms with E-state index in [0.717, 1.165) is 26.1 Å². The first-order chi connectivity index (χ1) is 18.9. The number of nitrogens with two attached hydrogens (primary N) is 1. The second-order valence-corrected chi connectivity index (χ2v) is 11.8. The van der Waals surface area contributed by atoms with Gasteiger partial charge in [-0.2, -0.15) is 0 Å². The summed E-state index contributed by atoms with van der Waals surface area (Å²) in [5.41, 5.74) is 4.13. The highest BCUT2D eigenvalue weighted by Crippen LogP contribution is 2.57. The Morgan fingerprint density at radius 1 is 1.07 bits per heavy atom. The number of rotatable bonds is 10. The lowest BCUT2D eigenvalue weighted by Crippen LogP contribution is -2.63. The van der Waals surface area contributed by atoms with Crippen LogP contribution in [-0.2, 0) is 51.0 Å². The van der Waals surface area contributed by atoms with Crippen LogP contribution in [0.25, 0.3) is 0 Å². The molecule has 0 aromatic carbocycles. The lowest BCUT2D eigenvalue weighted by atomic mass is 9.98. The molecule has 41 heavy (non-hydrogen) atoms. The number of phosphoric ester groups is 2. The molecule has 1 aromatic heterocycles. The Labute approximate surface area is 230 Å². The fraction of sp³-hybridized carbons (Fsp3) is 0.684. The lowest BCUT2D eigenvalue weighted by Gasteiger charge is -2.44. The van der Waals surface area contributed by atoms with Gasteiger partial charge in [0.15, 0.2) is 24.7 Å². The molecule has 2 unspecified atom stereocenters. The third-order valence-electron chi connectivity index (χ3n) is 5.73. The van der Waals surface area contributed by atoms with Crippen LogP contribution in [0.1, 0.15) is 27.0 Å². The summed E-state index contributed by atoms with van der Waals surface area (Å²) >= 11 is 0. The number of H-pyrrole nitrogens is 1. The van der Waals surface area contributed by atoms with Crippen molar-refractivity contribution in [2.75, 3.05) is 6.61 Å². The number of aliphatic hydroxyl groups is 2. The average Bonchev–Trinajstić information content (AvgIpc) is 3.10. The van der Waals surface area contributed by atoms with Crippen LogP contribution in [0.3, 0.4) is 0 Å². The van der Waals surface area contributed by atoms with E-state index in [1.165, 1.54) is 6.92 Å². The smallest absolute Gasteiger partial charge is 0.330 e. The minimum absolute atomic E-state index is 0.714. The van der Waals surface area contributed by atoms with Crippen molar-refractivity contribution in [1.82, 2.24) is 9.55 Å². The maximum atomic E-state index is 12.4. The van der Waals surface area contributed by atoms with E-state index in [1.54, 1.807) is 0 Å². The largest absolute Gasteiger partial charge is 0.756 e. The SMILES string of the molecule is CC(=O)O[C@@H]1[C@@H](N)[C@@H](OP(=O)([O-])OP(=O)([O-])OC[C@H]2O[C@@H](n3ccc(=O)[nH]c3=O)[C@H](O)[C@@H]2O)O[C@H](C)[C@@H]1OC(C)=O. The van der Waals surface area contributed by atoms with Crippen LogP contribution in [0.15, 0.2) is 21.9 Å². The number of ether oxygens (including phenoxy) is 4. The third-order valence-corrected chi connectivity index (χ3v) is 8.26. The summed E-state index contributed by atoms with van der Waals surface area (Å²) in [5, 5.41) is 20.4. The van der Waals surface area contributed by atoms with Crippen molar-refractivity contribution >= 4 is 27.6 Å². The molecule has 0 radical (unpaired) electrons. The van der Waals surface area contributed by atoms with Crippen molar-refractivity contribution in [2.45, 2.75) is 76.0 Å². The molecule has 3 rings (SSSR count). The van der Waals surface area contributed by atoms with Gasteiger partial charge in [0, 0.05) is 26.1 Å². The molecule has 3 heterocycles. The Morgan fingerprint density at radius 3 is 2.27 bits per heavy atom. The Bertz CT molecular complexity index is 1330. The number of aromatic nitrogens is 2. The molecule has 2 saturated heterocycles. The monoisotopic (exact) mass is 631 g/mol. The van der Waals surface area contributed by atoms with E-state index in [1.807, 2.05) is 4.98 Å². The van der Waals surface area contributed by atoms with Crippen molar-refractivity contribution in [3.8, 4) is 0 Å². The standard InChI is InChI=1S/C19H29N3O17P2/c1-7-15(35-8(2)23)16(36-9(3)24)12(20)18(34-7)38-41(31,32)39-40(29,30)33-6-10-13(26)14(27)17(37-10)22-5-4-11(25)21-19(22)28/h4-5,7,10,12-18,26-27H,6,20H2,1-3H3,(H,29,30)(H,31,32)(H,21,25,28)/p-2/t7-,10-,12-,13-,14-,15+,16-,17-,18-/m1/s1. The molecule has 20 nitrogen and oxygen atoms in total. The van der Waals surface area contributed by atoms with Crippen molar-refractivity contribution < 1.29 is 71.0 Å². The number of hydrogen-bond acceptors (Lipinski definition) is 18. The molecule has 22 heteroatoms. The number of carbonyl (C=O) groups excluding carboxylic acids is 2. The van der Waals surface area contributed by atoms with Crippen molar-refractivity contribution in [2.24, 2.45) is 5.73 Å². The summed E-state index contributed by atoms with van der Waals surface area (Å²) in [4.78, 5) is 72.6. The maximum absolute atomic E-state index is 12.4. The molecular formula is C19H27N3O17P2-2. The van der Waals surface area contributed by atoms with Gasteiger partial charge in [-0.15, -0.1) is 0 Å². The zero-order valence-corrected chi connectivity index (χ0v) is 23.3. The van der Waals surface area contributed by atoms with Gasteiger partial charge in [-0.05, 0) is 6.92 Å². The Hall–Kier alpha value is -2.32. The number of phosphoric acid groups is 2. The van der Waals surface area contributed by atoms with Crippen LogP contribution in [-0.4, -0.2) is 87.3 Å². The van der Waals surface area contributed by atoms with Crippen LogP contribution in [0.5, 0.6) is 0 Å². The van der Waals surface area contributed by atoms with Crippen molar-refractivity contribution in [3.05, 3.63) is 33.1 Å². The molecule has 11 atom stereocenters. The molecule has 2 aliphatic heterocycles. The van der Waals surface area contributed by atoms with Gasteiger partial charge in [0.2, 0.25) is 0 Å². The average molecular weight is 631 g/mol. The fourth-order valence-corrected chi connectivity index (χ4v) is 6.09. The first kappa shape index (κ1) is 33.2. The second kappa shape index (κ2) is 12.9. The van der Waals surface area contributed by atoms with E-state index in [0.29, 0.717) is 4.57 Å². The zero-order chi connectivity index (χ0) is 30.9. The van der Waals surface area contributed by atoms with Gasteiger partial charge in [0.25, 0.3) is 21.2 Å². The summed E-state index contributed by atoms with van der Waals surface area (Å²) in [6, 6.07) is -0.693. The molecule has 1 aromatic rings. The predicted octanol–water partition coefficient (Wildman–Crippen LogP) is -3.92. The van der Waals surface area contributed by atoms with Gasteiger partial charge in [-0.1, -0.05) is 0 Å². The first-order valence-electron chi connectivity index (χ1n) is 11.7. The molecule has 0 bridgehead atoms. The quantitative estimate of drug-likeness (QED) is 0.142. The lowest BCUT2D eigenvalue weighted by molar-refractivity contribution is -0.280. The summed E-state index contributed by atoms with van der Waals surface area (Å²) in [6.07, 6.45) is -11.7. The number of hydrogen-bond donors (Lipinski definition) is 4. The second-order valence-electron chi connectivity index (χ2n) is 8.88. The minimum Gasteiger partial charge on any atom is -0.756 e. The van der Waals surface area contributed by atoms with Crippen molar-refractivity contribution in [3.63, 3.8) is 0 Å². The number of aliphatic hydroxyl groups excluding tert-OH is 2. The number of carbonyl (C=O) groups is 2. The van der Waals surface area contributed by atoms with Gasteiger partial charge in [-0.25, -0.2) is 9.11 Å². The van der Waals surface area contributed by atoms with Crippen LogP contribution >= 0.6 is 15.6 Å². The molecule has 2 aliphatic rings. The molecule has 232 valence electrons. The first-order valence-corrected chi connectivity index (χ1v) is 14.6. The van der Waals surface area contributed by atoms with Crippen LogP contribution < -0.4 is 26.8 Å². The molecule has 0 aliphatic carbocycles. The molecular weight excluding hydrogens is 604 g/mol. The number of nitrogens with one attached hydrogen (secondary N) is 1. The van der Waals surface area contributed by atoms with Gasteiger partial charge in [0.05, 0.1) is 18.8 Å². The highest BCUT2D eigenvalue weighted by Gasteiger charge is 2.49. The molecule has 5 N–H and O–H groups in total. The maximum Gasteiger partial charge on any atom is 0.330 e. The Kier molecular flexibility index (Phi) is 10.4. The van der Waals surface area contributed by atoms with E-state index >= 15 is 0 Å². The van der Waals surface area contributed by atoms with Crippen molar-refractivity contribution in [1.29, 1.82) is 0 Å². The normalized spacial score (nSPS) is 34.8. The summed E-state index contributed by atoms with van der Waals surface area (Å²) < 4.78 is 59.0. The molecule has 0 amide bonds. The van der Waals surface area contributed by atoms with Gasteiger partial charge in [-0.3, -0.25) is 37.6 Å². The van der Waals surface area contributed by atoms with E-state index in [9.17, 15) is 48.3 Å². The van der Waals surface area contributed by atoms with Crippen LogP contribution in [0.4, 0.5) is 0 Å². The number of nitrogens with zero attached hydrogens (tertiary/aromatic N) is 1. The Balaban J connectivity index is 1.64. The Morgan fingerprint density at radius 2 is 1.68 bits per heavy atom. The number of aromatic amines is 1. The van der Waals surface area contributed by atoms with Crippen LogP contribution in [0, 0.1) is 0 Å². The van der Waals surface area contributed by atoms with Gasteiger partial charge >= 0.3 is 17.6 Å². The van der Waals surface area contributed by atoms with E-state index in [4.69, 9.17) is 24.7 Å². The van der Waals surface area contributed by atoms with E-state index in [2.05, 4.69) is 13.4 Å². The predicted molar refractivity (Wildman–Crippen MR) is 124 cm³/mol. The van der Waals surface area contributed by atoms with E-state index < -0.39 is 101 Å². The van der Waals surface area contributed by atoms with Crippen LogP contribution in [0.2, 0.25) is 0 Å². The summed E-state index contributed by atoms with van der Waals surface area (Å²) in [6.45, 7) is 2.27. The third kappa shape index (κ3) is 8.38. The highest BCUT2D eigenvalue weighted by molar-refractivity contribution is 7.59. The van der Waals surface area contributed by atoms with Gasteiger partial charge in [0.1, 0.15) is 18.3 Å². The molecule has 0 spiro atoms. The van der Waals surface area contributed by atoms with E-state index in [-0.39, 0.29) is 0 Å². The zero-order valence-electron chi connectivity index (χ0n) is 21.5. The molecule has 0 saturated carbocycles. The fourth-order valence-electron chi connectivity index (χ4n) is 3.99. The highest BCUT2D eigenvalue weighted by atomic mass is 31.3. The molecule has 2 fully saturated rings. The topological polar surface area (TPSA) is 300 Å². The summed E-state index contributed by atoms with van der Waals surface area (Å²) in [7, 11) is -11.6.